The van der Waals surface area contributed by atoms with Gasteiger partial charge in [0.15, 0.2) is 0 Å². The van der Waals surface area contributed by atoms with Crippen molar-refractivity contribution in [1.29, 1.82) is 0 Å². The van der Waals surface area contributed by atoms with Crippen LogP contribution >= 0.6 is 0 Å². The molecule has 1 atom stereocenters. The number of rotatable bonds is 9. The van der Waals surface area contributed by atoms with E-state index in [2.05, 4.69) is 26.2 Å². The summed E-state index contributed by atoms with van der Waals surface area (Å²) in [4.78, 5) is 11.1. The molecular weight excluding hydrogens is 244 g/mol. The maximum absolute atomic E-state index is 11.1. The van der Waals surface area contributed by atoms with Crippen LogP contribution in [0, 0.1) is 0 Å². The average molecular weight is 272 g/mol. The van der Waals surface area contributed by atoms with Crippen molar-refractivity contribution in [2.75, 3.05) is 6.61 Å². The van der Waals surface area contributed by atoms with Crippen molar-refractivity contribution in [3.8, 4) is 0 Å². The molecular formula is C14H28O3Si. The molecule has 0 rings (SSSR count). The lowest BCUT2D eigenvalue weighted by molar-refractivity contribution is -0.143. The smallest absolute Gasteiger partial charge is 0.305 e. The van der Waals surface area contributed by atoms with Crippen molar-refractivity contribution in [3.05, 3.63) is 12.2 Å². The molecule has 4 heteroatoms. The largest absolute Gasteiger partial charge is 0.466 e. The Bertz CT molecular complexity index is 269. The molecule has 0 aliphatic rings. The molecule has 106 valence electrons. The predicted octanol–water partition coefficient (Wildman–Crippen LogP) is 3.37. The van der Waals surface area contributed by atoms with Crippen LogP contribution in [0.25, 0.3) is 0 Å². The Hall–Kier alpha value is -0.613. The zero-order valence-electron chi connectivity index (χ0n) is 12.3. The number of ether oxygens (including phenoxy) is 1. The van der Waals surface area contributed by atoms with E-state index in [0.717, 1.165) is 11.6 Å². The Morgan fingerprint density at radius 2 is 2.00 bits per heavy atom. The number of hydrogen-bond acceptors (Lipinski definition) is 3. The molecule has 0 amide bonds. The van der Waals surface area contributed by atoms with Gasteiger partial charge in [-0.2, -0.15) is 0 Å². The van der Waals surface area contributed by atoms with Gasteiger partial charge in [-0.3, -0.25) is 4.79 Å². The van der Waals surface area contributed by atoms with E-state index in [0.29, 0.717) is 32.3 Å². The van der Waals surface area contributed by atoms with Crippen LogP contribution in [-0.4, -0.2) is 31.9 Å². The average Bonchev–Trinajstić information content (AvgIpc) is 2.14. The summed E-state index contributed by atoms with van der Waals surface area (Å²) >= 11 is 0. The summed E-state index contributed by atoms with van der Waals surface area (Å²) < 4.78 is 4.84. The van der Waals surface area contributed by atoms with E-state index in [1.54, 1.807) is 6.92 Å². The van der Waals surface area contributed by atoms with Gasteiger partial charge in [0.2, 0.25) is 0 Å². The van der Waals surface area contributed by atoms with Gasteiger partial charge in [0.25, 0.3) is 0 Å². The Morgan fingerprint density at radius 3 is 2.50 bits per heavy atom. The van der Waals surface area contributed by atoms with E-state index in [1.807, 2.05) is 0 Å². The summed E-state index contributed by atoms with van der Waals surface area (Å²) in [5, 5.41) is 9.86. The topological polar surface area (TPSA) is 46.5 Å². The molecule has 18 heavy (non-hydrogen) atoms. The van der Waals surface area contributed by atoms with Gasteiger partial charge in [0.05, 0.1) is 12.7 Å². The van der Waals surface area contributed by atoms with Crippen LogP contribution in [0.2, 0.25) is 25.7 Å². The fourth-order valence-electron chi connectivity index (χ4n) is 1.97. The molecule has 0 aliphatic carbocycles. The lowest BCUT2D eigenvalue weighted by atomic mass is 10.1. The second-order valence-electron chi connectivity index (χ2n) is 6.04. The summed E-state index contributed by atoms with van der Waals surface area (Å²) in [7, 11) is -1.13. The van der Waals surface area contributed by atoms with Gasteiger partial charge in [0.1, 0.15) is 0 Å². The lowest BCUT2D eigenvalue weighted by Crippen LogP contribution is -2.21. The minimum absolute atomic E-state index is 0.175. The maximum Gasteiger partial charge on any atom is 0.305 e. The minimum atomic E-state index is -1.13. The van der Waals surface area contributed by atoms with Crippen LogP contribution in [0.4, 0.5) is 0 Å². The van der Waals surface area contributed by atoms with Gasteiger partial charge in [-0.25, -0.2) is 0 Å². The highest BCUT2D eigenvalue weighted by molar-refractivity contribution is 6.76. The minimum Gasteiger partial charge on any atom is -0.466 e. The second kappa shape index (κ2) is 8.48. The molecule has 0 saturated carbocycles. The SMILES string of the molecule is C=C(C[C@@H](O)CCCC(=O)OCC)C[Si](C)(C)C. The predicted molar refractivity (Wildman–Crippen MR) is 78.4 cm³/mol. The molecule has 0 saturated heterocycles. The van der Waals surface area contributed by atoms with Crippen molar-refractivity contribution in [2.24, 2.45) is 0 Å². The monoisotopic (exact) mass is 272 g/mol. The van der Waals surface area contributed by atoms with Crippen LogP contribution < -0.4 is 0 Å². The van der Waals surface area contributed by atoms with E-state index in [4.69, 9.17) is 4.74 Å². The zero-order valence-corrected chi connectivity index (χ0v) is 13.3. The highest BCUT2D eigenvalue weighted by Gasteiger charge is 2.16. The lowest BCUT2D eigenvalue weighted by Gasteiger charge is -2.19. The third-order valence-electron chi connectivity index (χ3n) is 2.53. The normalized spacial score (nSPS) is 13.2. The van der Waals surface area contributed by atoms with Crippen LogP contribution in [0.5, 0.6) is 0 Å². The molecule has 3 nitrogen and oxygen atoms in total. The van der Waals surface area contributed by atoms with E-state index in [-0.39, 0.29) is 12.1 Å². The quantitative estimate of drug-likeness (QED) is 0.398. The first kappa shape index (κ1) is 17.4. The molecule has 1 N–H and O–H groups in total. The van der Waals surface area contributed by atoms with E-state index in [1.165, 1.54) is 0 Å². The number of aliphatic hydroxyl groups is 1. The third-order valence-corrected chi connectivity index (χ3v) is 4.09. The molecule has 0 aromatic heterocycles. The molecule has 0 aliphatic heterocycles. The van der Waals surface area contributed by atoms with Gasteiger partial charge in [-0.05, 0) is 32.2 Å². The van der Waals surface area contributed by atoms with E-state index in [9.17, 15) is 9.90 Å². The highest BCUT2D eigenvalue weighted by atomic mass is 28.3. The van der Waals surface area contributed by atoms with Crippen LogP contribution in [0.15, 0.2) is 12.2 Å². The Kier molecular flexibility index (Phi) is 8.19. The highest BCUT2D eigenvalue weighted by Crippen LogP contribution is 2.20. The molecule has 0 radical (unpaired) electrons. The first-order valence-electron chi connectivity index (χ1n) is 6.75. The molecule has 0 aromatic carbocycles. The second-order valence-corrected chi connectivity index (χ2v) is 11.5. The number of carbonyl (C=O) groups excluding carboxylic acids is 1. The summed E-state index contributed by atoms with van der Waals surface area (Å²) in [6.45, 7) is 13.2. The molecule has 0 bridgehead atoms. The van der Waals surface area contributed by atoms with Gasteiger partial charge in [-0.1, -0.05) is 25.2 Å². The first-order chi connectivity index (χ1) is 8.24. The van der Waals surface area contributed by atoms with Crippen molar-refractivity contribution < 1.29 is 14.6 Å². The Balaban J connectivity index is 3.74. The summed E-state index contributed by atoms with van der Waals surface area (Å²) in [6.07, 6.45) is 2.01. The summed E-state index contributed by atoms with van der Waals surface area (Å²) in [6, 6.07) is 1.06. The van der Waals surface area contributed by atoms with Crippen molar-refractivity contribution >= 4 is 14.0 Å². The Morgan fingerprint density at radius 1 is 1.39 bits per heavy atom. The van der Waals surface area contributed by atoms with Crippen molar-refractivity contribution in [1.82, 2.24) is 0 Å². The van der Waals surface area contributed by atoms with Crippen LogP contribution in [0.1, 0.15) is 32.6 Å². The molecule has 0 heterocycles. The molecule has 0 aromatic rings. The van der Waals surface area contributed by atoms with Crippen molar-refractivity contribution in [2.45, 2.75) is 64.4 Å². The molecule has 0 fully saturated rings. The fourth-order valence-corrected chi connectivity index (χ4v) is 3.62. The van der Waals surface area contributed by atoms with Crippen LogP contribution in [0.3, 0.4) is 0 Å². The van der Waals surface area contributed by atoms with E-state index >= 15 is 0 Å². The maximum atomic E-state index is 11.1. The van der Waals surface area contributed by atoms with Gasteiger partial charge < -0.3 is 9.84 Å². The third kappa shape index (κ3) is 10.5. The number of carbonyl (C=O) groups is 1. The number of hydrogen-bond donors (Lipinski definition) is 1. The molecule has 0 spiro atoms. The summed E-state index contributed by atoms with van der Waals surface area (Å²) in [5.41, 5.74) is 1.14. The van der Waals surface area contributed by atoms with Crippen molar-refractivity contribution in [3.63, 3.8) is 0 Å². The number of aliphatic hydroxyl groups excluding tert-OH is 1. The Labute approximate surface area is 112 Å². The first-order valence-corrected chi connectivity index (χ1v) is 10.5. The van der Waals surface area contributed by atoms with Crippen LogP contribution in [-0.2, 0) is 9.53 Å². The zero-order chi connectivity index (χ0) is 14.2. The number of esters is 1. The standard InChI is InChI=1S/C14H28O3Si/c1-6-17-14(16)9-7-8-13(15)10-12(2)11-18(3,4)5/h13,15H,2,6-11H2,1,3-5H3/t13-/m0/s1. The molecule has 0 unspecified atom stereocenters. The van der Waals surface area contributed by atoms with E-state index < -0.39 is 8.07 Å². The fraction of sp³-hybridized carbons (Fsp3) is 0.786. The van der Waals surface area contributed by atoms with Gasteiger partial charge >= 0.3 is 5.97 Å². The van der Waals surface area contributed by atoms with Gasteiger partial charge in [-0.15, -0.1) is 6.58 Å². The van der Waals surface area contributed by atoms with Gasteiger partial charge in [0, 0.05) is 14.5 Å². The summed E-state index contributed by atoms with van der Waals surface area (Å²) in [5.74, 6) is -0.175.